The molecule has 1 aliphatic heterocycles. The van der Waals surface area contributed by atoms with Gasteiger partial charge in [-0.25, -0.2) is 0 Å². The van der Waals surface area contributed by atoms with Crippen molar-refractivity contribution in [3.8, 4) is 0 Å². The van der Waals surface area contributed by atoms with Gasteiger partial charge in [0, 0.05) is 5.02 Å². The minimum Gasteiger partial charge on any atom is -0.399 e. The second-order valence-electron chi connectivity index (χ2n) is 6.05. The van der Waals surface area contributed by atoms with Crippen molar-refractivity contribution in [1.82, 2.24) is 0 Å². The van der Waals surface area contributed by atoms with Crippen molar-refractivity contribution in [2.75, 3.05) is 0 Å². The van der Waals surface area contributed by atoms with E-state index in [0.717, 1.165) is 21.6 Å². The molecule has 1 heterocycles. The van der Waals surface area contributed by atoms with Crippen LogP contribution in [0, 0.1) is 13.8 Å². The summed E-state index contributed by atoms with van der Waals surface area (Å²) in [6.45, 7) is 12.3. The molecule has 18 heavy (non-hydrogen) atoms. The lowest BCUT2D eigenvalue weighted by atomic mass is 9.76. The van der Waals surface area contributed by atoms with Gasteiger partial charge in [0.1, 0.15) is 0 Å². The van der Waals surface area contributed by atoms with E-state index in [1.165, 1.54) is 0 Å². The number of rotatable bonds is 1. The summed E-state index contributed by atoms with van der Waals surface area (Å²) in [7, 11) is -0.340. The first-order chi connectivity index (χ1) is 8.14. The lowest BCUT2D eigenvalue weighted by molar-refractivity contribution is 0.00578. The first-order valence-electron chi connectivity index (χ1n) is 6.26. The molecule has 1 aromatic rings. The van der Waals surface area contributed by atoms with Crippen molar-refractivity contribution in [3.05, 3.63) is 28.3 Å². The fourth-order valence-electron chi connectivity index (χ4n) is 2.07. The topological polar surface area (TPSA) is 18.5 Å². The highest BCUT2D eigenvalue weighted by molar-refractivity contribution is 6.63. The summed E-state index contributed by atoms with van der Waals surface area (Å²) in [5, 5.41) is 0.755. The second kappa shape index (κ2) is 4.26. The van der Waals surface area contributed by atoms with Gasteiger partial charge in [0.15, 0.2) is 0 Å². The number of aryl methyl sites for hydroxylation is 2. The first kappa shape index (κ1) is 13.9. The van der Waals surface area contributed by atoms with Gasteiger partial charge in [0.25, 0.3) is 0 Å². The van der Waals surface area contributed by atoms with E-state index in [1.807, 2.05) is 13.0 Å². The number of halogens is 1. The van der Waals surface area contributed by atoms with E-state index >= 15 is 0 Å². The van der Waals surface area contributed by atoms with Gasteiger partial charge in [0.05, 0.1) is 11.2 Å². The number of hydrogen-bond donors (Lipinski definition) is 0. The molecule has 0 unspecified atom stereocenters. The maximum atomic E-state index is 6.20. The Morgan fingerprint density at radius 3 is 1.94 bits per heavy atom. The van der Waals surface area contributed by atoms with Gasteiger partial charge in [-0.2, -0.15) is 0 Å². The SMILES string of the molecule is Cc1cc(C)c(B2OC(C)(C)C(C)(C)O2)cc1Cl. The molecule has 1 saturated heterocycles. The molecule has 1 fully saturated rings. The summed E-state index contributed by atoms with van der Waals surface area (Å²) in [6, 6.07) is 4.02. The maximum Gasteiger partial charge on any atom is 0.495 e. The van der Waals surface area contributed by atoms with Crippen molar-refractivity contribution in [1.29, 1.82) is 0 Å². The average molecular weight is 267 g/mol. The van der Waals surface area contributed by atoms with Gasteiger partial charge < -0.3 is 9.31 Å². The highest BCUT2D eigenvalue weighted by Crippen LogP contribution is 2.36. The molecule has 0 bridgehead atoms. The quantitative estimate of drug-likeness (QED) is 0.727. The Kier molecular flexibility index (Phi) is 3.29. The van der Waals surface area contributed by atoms with E-state index in [-0.39, 0.29) is 18.3 Å². The molecule has 0 N–H and O–H groups in total. The van der Waals surface area contributed by atoms with Crippen molar-refractivity contribution in [2.45, 2.75) is 52.7 Å². The van der Waals surface area contributed by atoms with Crippen LogP contribution in [0.5, 0.6) is 0 Å². The Balaban J connectivity index is 2.38. The second-order valence-corrected chi connectivity index (χ2v) is 6.45. The lowest BCUT2D eigenvalue weighted by Crippen LogP contribution is -2.41. The zero-order valence-electron chi connectivity index (χ0n) is 11.9. The molecule has 0 radical (unpaired) electrons. The van der Waals surface area contributed by atoms with Crippen molar-refractivity contribution in [3.63, 3.8) is 0 Å². The van der Waals surface area contributed by atoms with Crippen LogP contribution in [0.25, 0.3) is 0 Å². The Morgan fingerprint density at radius 1 is 0.944 bits per heavy atom. The van der Waals surface area contributed by atoms with Crippen molar-refractivity contribution in [2.24, 2.45) is 0 Å². The molecule has 98 valence electrons. The minimum absolute atomic E-state index is 0.318. The Bertz CT molecular complexity index is 467. The largest absolute Gasteiger partial charge is 0.495 e. The van der Waals surface area contributed by atoms with Gasteiger partial charge >= 0.3 is 7.12 Å². The van der Waals surface area contributed by atoms with Gasteiger partial charge in [-0.1, -0.05) is 23.2 Å². The lowest BCUT2D eigenvalue weighted by Gasteiger charge is -2.32. The van der Waals surface area contributed by atoms with Crippen LogP contribution < -0.4 is 5.46 Å². The maximum absolute atomic E-state index is 6.20. The van der Waals surface area contributed by atoms with Crippen molar-refractivity contribution >= 4 is 24.2 Å². The standard InChI is InChI=1S/C14H20BClO2/c1-9-7-10(2)12(16)8-11(9)15-17-13(3,4)14(5,6)18-15/h7-8H,1-6H3. The Morgan fingerprint density at radius 2 is 1.44 bits per heavy atom. The van der Waals surface area contributed by atoms with Crippen LogP contribution in [0.3, 0.4) is 0 Å². The summed E-state index contributed by atoms with van der Waals surface area (Å²) in [6.07, 6.45) is 0. The molecule has 0 aromatic heterocycles. The third-order valence-electron chi connectivity index (χ3n) is 4.05. The molecule has 1 aromatic carbocycles. The summed E-state index contributed by atoms with van der Waals surface area (Å²) in [5.74, 6) is 0. The van der Waals surface area contributed by atoms with E-state index in [1.54, 1.807) is 0 Å². The third-order valence-corrected chi connectivity index (χ3v) is 4.46. The molecule has 0 atom stereocenters. The first-order valence-corrected chi connectivity index (χ1v) is 6.64. The van der Waals surface area contributed by atoms with Crippen LogP contribution >= 0.6 is 11.6 Å². The van der Waals surface area contributed by atoms with Crippen LogP contribution in [-0.4, -0.2) is 18.3 Å². The molecule has 2 nitrogen and oxygen atoms in total. The molecule has 0 spiro atoms. The van der Waals surface area contributed by atoms with E-state index in [9.17, 15) is 0 Å². The van der Waals surface area contributed by atoms with Crippen LogP contribution in [-0.2, 0) is 9.31 Å². The van der Waals surface area contributed by atoms with Gasteiger partial charge in [-0.05, 0) is 58.6 Å². The molecule has 4 heteroatoms. The third kappa shape index (κ3) is 2.20. The fourth-order valence-corrected chi connectivity index (χ4v) is 2.24. The highest BCUT2D eigenvalue weighted by Gasteiger charge is 2.52. The average Bonchev–Trinajstić information content (AvgIpc) is 2.42. The predicted molar refractivity (Wildman–Crippen MR) is 76.6 cm³/mol. The number of hydrogen-bond acceptors (Lipinski definition) is 2. The predicted octanol–water partition coefficient (Wildman–Crippen LogP) is 3.26. The smallest absolute Gasteiger partial charge is 0.399 e. The summed E-state index contributed by atoms with van der Waals surface area (Å²) in [5.41, 5.74) is 2.61. The van der Waals surface area contributed by atoms with E-state index in [0.29, 0.717) is 0 Å². The molecule has 2 rings (SSSR count). The normalized spacial score (nSPS) is 21.4. The van der Waals surface area contributed by atoms with E-state index in [2.05, 4.69) is 40.7 Å². The van der Waals surface area contributed by atoms with Gasteiger partial charge in [-0.3, -0.25) is 0 Å². The molecular formula is C14H20BClO2. The zero-order valence-corrected chi connectivity index (χ0v) is 12.7. The van der Waals surface area contributed by atoms with Crippen LogP contribution in [0.1, 0.15) is 38.8 Å². The number of benzene rings is 1. The van der Waals surface area contributed by atoms with Gasteiger partial charge in [0.2, 0.25) is 0 Å². The molecule has 0 amide bonds. The summed E-state index contributed by atoms with van der Waals surface area (Å²) in [4.78, 5) is 0. The summed E-state index contributed by atoms with van der Waals surface area (Å²) < 4.78 is 12.1. The minimum atomic E-state index is -0.340. The monoisotopic (exact) mass is 266 g/mol. The van der Waals surface area contributed by atoms with E-state index in [4.69, 9.17) is 20.9 Å². The van der Waals surface area contributed by atoms with Crippen LogP contribution in [0.2, 0.25) is 5.02 Å². The Labute approximate surface area is 115 Å². The Hall–Kier alpha value is -0.505. The van der Waals surface area contributed by atoms with Crippen LogP contribution in [0.4, 0.5) is 0 Å². The van der Waals surface area contributed by atoms with Crippen LogP contribution in [0.15, 0.2) is 12.1 Å². The van der Waals surface area contributed by atoms with Crippen molar-refractivity contribution < 1.29 is 9.31 Å². The molecule has 0 aliphatic carbocycles. The van der Waals surface area contributed by atoms with Gasteiger partial charge in [-0.15, -0.1) is 0 Å². The highest BCUT2D eigenvalue weighted by atomic mass is 35.5. The van der Waals surface area contributed by atoms with E-state index < -0.39 is 0 Å². The molecule has 0 saturated carbocycles. The zero-order chi connectivity index (χ0) is 13.7. The summed E-state index contributed by atoms with van der Waals surface area (Å²) >= 11 is 6.20. The molecule has 1 aliphatic rings. The molecular weight excluding hydrogens is 246 g/mol. The fraction of sp³-hybridized carbons (Fsp3) is 0.571.